The maximum absolute atomic E-state index is 4.62. The molecule has 0 atom stereocenters. The molecule has 0 radical (unpaired) electrons. The van der Waals surface area contributed by atoms with Crippen LogP contribution in [0.3, 0.4) is 0 Å². The van der Waals surface area contributed by atoms with Gasteiger partial charge in [0.2, 0.25) is 5.95 Å². The first-order chi connectivity index (χ1) is 11.4. The van der Waals surface area contributed by atoms with Crippen LogP contribution in [0.1, 0.15) is 0 Å². The van der Waals surface area contributed by atoms with Crippen LogP contribution in [0.2, 0.25) is 0 Å². The molecule has 23 heavy (non-hydrogen) atoms. The van der Waals surface area contributed by atoms with Crippen LogP contribution in [0.15, 0.2) is 82.7 Å². The summed E-state index contributed by atoms with van der Waals surface area (Å²) < 4.78 is 1.72. The van der Waals surface area contributed by atoms with Crippen molar-refractivity contribution in [3.63, 3.8) is 0 Å². The predicted molar refractivity (Wildman–Crippen MR) is 91.1 cm³/mol. The molecule has 0 bridgehead atoms. The van der Waals surface area contributed by atoms with E-state index >= 15 is 0 Å². The van der Waals surface area contributed by atoms with Gasteiger partial charge in [-0.25, -0.2) is 0 Å². The summed E-state index contributed by atoms with van der Waals surface area (Å²) in [7, 11) is 0. The zero-order valence-corrected chi connectivity index (χ0v) is 12.9. The van der Waals surface area contributed by atoms with Crippen LogP contribution in [0.25, 0.3) is 5.65 Å². The van der Waals surface area contributed by atoms with E-state index in [9.17, 15) is 0 Å². The maximum atomic E-state index is 4.62. The van der Waals surface area contributed by atoms with Crippen LogP contribution >= 0.6 is 11.8 Å². The summed E-state index contributed by atoms with van der Waals surface area (Å²) in [4.78, 5) is 1.14. The van der Waals surface area contributed by atoms with Crippen LogP contribution in [-0.4, -0.2) is 19.8 Å². The van der Waals surface area contributed by atoms with Crippen molar-refractivity contribution < 1.29 is 0 Å². The number of hydrogen-bond donors (Lipinski definition) is 1. The first-order valence-corrected chi connectivity index (χ1v) is 7.97. The molecule has 0 aliphatic heterocycles. The Labute approximate surface area is 137 Å². The molecule has 0 saturated heterocycles. The Hall–Kier alpha value is -2.86. The largest absolute Gasteiger partial charge is 0.323 e. The van der Waals surface area contributed by atoms with Crippen molar-refractivity contribution in [3.05, 3.63) is 72.8 Å². The van der Waals surface area contributed by atoms with Crippen molar-refractivity contribution in [2.75, 3.05) is 5.32 Å². The molecule has 0 unspecified atom stereocenters. The summed E-state index contributed by atoms with van der Waals surface area (Å²) in [5.41, 5.74) is 1.66. The third-order valence-corrected chi connectivity index (χ3v) is 4.17. The normalized spacial score (nSPS) is 10.8. The van der Waals surface area contributed by atoms with Gasteiger partial charge in [0.1, 0.15) is 5.03 Å². The van der Waals surface area contributed by atoms with Crippen molar-refractivity contribution in [1.29, 1.82) is 0 Å². The number of benzene rings is 2. The highest BCUT2D eigenvalue weighted by Crippen LogP contribution is 2.26. The molecule has 4 rings (SSSR count). The molecule has 0 saturated carbocycles. The van der Waals surface area contributed by atoms with Crippen molar-refractivity contribution in [1.82, 2.24) is 19.8 Å². The molecule has 1 N–H and O–H groups in total. The van der Waals surface area contributed by atoms with Gasteiger partial charge in [0.05, 0.1) is 0 Å². The fourth-order valence-corrected chi connectivity index (χ4v) is 2.96. The Morgan fingerprint density at radius 2 is 1.52 bits per heavy atom. The zero-order valence-electron chi connectivity index (χ0n) is 12.1. The van der Waals surface area contributed by atoms with E-state index in [1.165, 1.54) is 0 Å². The van der Waals surface area contributed by atoms with Crippen LogP contribution in [0, 0.1) is 0 Å². The number of hydrogen-bond acceptors (Lipinski definition) is 5. The lowest BCUT2D eigenvalue weighted by atomic mass is 10.3. The Morgan fingerprint density at radius 1 is 0.783 bits per heavy atom. The number of anilines is 2. The zero-order chi connectivity index (χ0) is 15.5. The van der Waals surface area contributed by atoms with Gasteiger partial charge in [0, 0.05) is 10.6 Å². The summed E-state index contributed by atoms with van der Waals surface area (Å²) in [5.74, 6) is 0.599. The number of aromatic nitrogens is 4. The third-order valence-electron chi connectivity index (χ3n) is 3.23. The Balaban J connectivity index is 1.66. The molecule has 112 valence electrons. The van der Waals surface area contributed by atoms with E-state index in [0.29, 0.717) is 11.6 Å². The van der Waals surface area contributed by atoms with E-state index in [1.54, 1.807) is 16.3 Å². The predicted octanol–water partition coefficient (Wildman–Crippen LogP) is 4.02. The molecule has 2 aromatic heterocycles. The van der Waals surface area contributed by atoms with E-state index in [2.05, 4.69) is 32.7 Å². The van der Waals surface area contributed by atoms with Gasteiger partial charge in [-0.1, -0.05) is 48.2 Å². The van der Waals surface area contributed by atoms with Crippen molar-refractivity contribution >= 4 is 29.0 Å². The fourth-order valence-electron chi connectivity index (χ4n) is 2.16. The highest BCUT2D eigenvalue weighted by molar-refractivity contribution is 7.99. The minimum absolute atomic E-state index is 0.599. The maximum Gasteiger partial charge on any atom is 0.250 e. The summed E-state index contributed by atoms with van der Waals surface area (Å²) >= 11 is 1.61. The number of rotatable bonds is 4. The van der Waals surface area contributed by atoms with Crippen LogP contribution in [0.5, 0.6) is 0 Å². The number of nitrogens with zero attached hydrogens (tertiary/aromatic N) is 4. The van der Waals surface area contributed by atoms with E-state index in [4.69, 9.17) is 0 Å². The number of para-hydroxylation sites is 1. The lowest BCUT2D eigenvalue weighted by Crippen LogP contribution is -2.00. The summed E-state index contributed by atoms with van der Waals surface area (Å²) in [5, 5.41) is 17.1. The Kier molecular flexibility index (Phi) is 3.65. The van der Waals surface area contributed by atoms with Gasteiger partial charge in [0.15, 0.2) is 5.65 Å². The molecule has 6 heteroatoms. The van der Waals surface area contributed by atoms with Gasteiger partial charge in [0.25, 0.3) is 0 Å². The SMILES string of the molecule is c1ccc(Nc2nnc3ccc(Sc4ccccc4)nn23)cc1. The van der Waals surface area contributed by atoms with Gasteiger partial charge in [-0.05, 0) is 36.4 Å². The first-order valence-electron chi connectivity index (χ1n) is 7.16. The van der Waals surface area contributed by atoms with Gasteiger partial charge >= 0.3 is 0 Å². The molecule has 0 fully saturated rings. The first kappa shape index (κ1) is 13.8. The number of nitrogens with one attached hydrogen (secondary N) is 1. The molecule has 5 nitrogen and oxygen atoms in total. The van der Waals surface area contributed by atoms with E-state index in [-0.39, 0.29) is 0 Å². The topological polar surface area (TPSA) is 55.1 Å². The molecular weight excluding hydrogens is 306 g/mol. The standard InChI is InChI=1S/C17H13N5S/c1-3-7-13(8-4-1)18-17-20-19-15-11-12-16(21-22(15)17)23-14-9-5-2-6-10-14/h1-12H,(H,18,20). The van der Waals surface area contributed by atoms with E-state index in [0.717, 1.165) is 15.6 Å². The second kappa shape index (κ2) is 6.10. The lowest BCUT2D eigenvalue weighted by molar-refractivity contribution is 0.861. The highest BCUT2D eigenvalue weighted by atomic mass is 32.2. The van der Waals surface area contributed by atoms with Crippen LogP contribution in [-0.2, 0) is 0 Å². The minimum atomic E-state index is 0.599. The minimum Gasteiger partial charge on any atom is -0.323 e. The van der Waals surface area contributed by atoms with E-state index in [1.807, 2.05) is 60.7 Å². The molecule has 2 aromatic carbocycles. The summed E-state index contributed by atoms with van der Waals surface area (Å²) in [6.07, 6.45) is 0. The molecular formula is C17H13N5S. The molecule has 2 heterocycles. The molecule has 0 spiro atoms. The monoisotopic (exact) mass is 319 g/mol. The molecule has 4 aromatic rings. The smallest absolute Gasteiger partial charge is 0.250 e. The summed E-state index contributed by atoms with van der Waals surface area (Å²) in [6, 6.07) is 23.9. The lowest BCUT2D eigenvalue weighted by Gasteiger charge is -2.05. The quantitative estimate of drug-likeness (QED) is 0.616. The van der Waals surface area contributed by atoms with Crippen molar-refractivity contribution in [2.24, 2.45) is 0 Å². The second-order valence-corrected chi connectivity index (χ2v) is 5.97. The average Bonchev–Trinajstić information content (AvgIpc) is 2.99. The summed E-state index contributed by atoms with van der Waals surface area (Å²) in [6.45, 7) is 0. The van der Waals surface area contributed by atoms with Gasteiger partial charge < -0.3 is 5.32 Å². The second-order valence-electron chi connectivity index (χ2n) is 4.87. The van der Waals surface area contributed by atoms with Gasteiger partial charge in [-0.3, -0.25) is 0 Å². The van der Waals surface area contributed by atoms with Gasteiger partial charge in [-0.2, -0.15) is 9.61 Å². The van der Waals surface area contributed by atoms with Crippen molar-refractivity contribution in [2.45, 2.75) is 9.92 Å². The van der Waals surface area contributed by atoms with Gasteiger partial charge in [-0.15, -0.1) is 10.2 Å². The highest BCUT2D eigenvalue weighted by Gasteiger charge is 2.08. The average molecular weight is 319 g/mol. The van der Waals surface area contributed by atoms with Crippen LogP contribution < -0.4 is 5.32 Å². The van der Waals surface area contributed by atoms with E-state index < -0.39 is 0 Å². The van der Waals surface area contributed by atoms with Crippen molar-refractivity contribution in [3.8, 4) is 0 Å². The molecule has 0 aliphatic carbocycles. The fraction of sp³-hybridized carbons (Fsp3) is 0. The molecule has 0 aliphatic rings. The molecule has 0 amide bonds. The third kappa shape index (κ3) is 3.02. The Bertz CT molecular complexity index is 922. The van der Waals surface area contributed by atoms with Crippen LogP contribution in [0.4, 0.5) is 11.6 Å². The Morgan fingerprint density at radius 3 is 2.30 bits per heavy atom. The number of fused-ring (bicyclic) bond motifs is 1.